The van der Waals surface area contributed by atoms with Gasteiger partial charge < -0.3 is 25.0 Å². The number of rotatable bonds is 5. The van der Waals surface area contributed by atoms with E-state index in [1.54, 1.807) is 19.2 Å². The third kappa shape index (κ3) is 4.72. The zero-order chi connectivity index (χ0) is 21.0. The minimum Gasteiger partial charge on any atom is -0.447 e. The summed E-state index contributed by atoms with van der Waals surface area (Å²) in [5.41, 5.74) is 2.30. The van der Waals surface area contributed by atoms with E-state index < -0.39 is 0 Å². The van der Waals surface area contributed by atoms with Crippen molar-refractivity contribution < 1.29 is 18.7 Å². The van der Waals surface area contributed by atoms with E-state index in [4.69, 9.17) is 9.47 Å². The maximum Gasteiger partial charge on any atom is 0.407 e. The Bertz CT molecular complexity index is 736. The highest BCUT2D eigenvalue weighted by atomic mass is 19.1. The number of carbonyl (C=O) groups excluding carboxylic acids is 1. The molecule has 1 aromatic rings. The summed E-state index contributed by atoms with van der Waals surface area (Å²) in [7, 11) is 1.59. The number of carbonyl (C=O) groups is 1. The highest BCUT2D eigenvalue weighted by Crippen LogP contribution is 2.45. The van der Waals surface area contributed by atoms with Crippen LogP contribution in [-0.4, -0.2) is 63.0 Å². The van der Waals surface area contributed by atoms with Crippen LogP contribution in [0.1, 0.15) is 50.5 Å². The maximum atomic E-state index is 13.9. The van der Waals surface area contributed by atoms with E-state index in [0.29, 0.717) is 12.6 Å². The molecule has 1 aromatic carbocycles. The number of hydrogen-bond acceptors (Lipinski definition) is 5. The second-order valence-electron chi connectivity index (χ2n) is 9.00. The number of methoxy groups -OCH3 is 1. The van der Waals surface area contributed by atoms with E-state index in [0.717, 1.165) is 63.0 Å². The second kappa shape index (κ2) is 9.52. The molecule has 0 bridgehead atoms. The number of hydrogen-bond donors (Lipinski definition) is 2. The Hall–Kier alpha value is -1.86. The summed E-state index contributed by atoms with van der Waals surface area (Å²) in [5.74, 6) is -0.144. The number of halogens is 1. The van der Waals surface area contributed by atoms with Crippen molar-refractivity contribution in [2.24, 2.45) is 0 Å². The molecule has 4 rings (SSSR count). The maximum absolute atomic E-state index is 13.9. The van der Waals surface area contributed by atoms with Crippen LogP contribution in [0.4, 0.5) is 14.9 Å². The minimum absolute atomic E-state index is 0.0570. The van der Waals surface area contributed by atoms with Gasteiger partial charge in [-0.15, -0.1) is 0 Å². The van der Waals surface area contributed by atoms with Crippen molar-refractivity contribution in [3.05, 3.63) is 29.6 Å². The number of likely N-dealkylation sites (tertiary alicyclic amines) is 1. The number of alkyl carbamates (subject to hydrolysis) is 1. The molecule has 2 aliphatic heterocycles. The molecular weight excluding hydrogens is 385 g/mol. The number of nitrogens with zero attached hydrogens (tertiary/aromatic N) is 1. The van der Waals surface area contributed by atoms with Gasteiger partial charge in [0.2, 0.25) is 0 Å². The number of piperidine rings is 1. The number of nitrogens with one attached hydrogen (secondary N) is 2. The summed E-state index contributed by atoms with van der Waals surface area (Å²) in [6.45, 7) is 3.64. The lowest BCUT2D eigenvalue weighted by Crippen LogP contribution is -2.49. The molecule has 2 unspecified atom stereocenters. The fourth-order valence-corrected chi connectivity index (χ4v) is 5.46. The molecule has 1 aliphatic carbocycles. The molecule has 1 saturated carbocycles. The number of fused-ring (bicyclic) bond motifs is 2. The van der Waals surface area contributed by atoms with E-state index in [9.17, 15) is 9.18 Å². The fourth-order valence-electron chi connectivity index (χ4n) is 5.46. The highest BCUT2D eigenvalue weighted by molar-refractivity contribution is 5.67. The van der Waals surface area contributed by atoms with Crippen molar-refractivity contribution in [3.63, 3.8) is 0 Å². The molecule has 7 heteroatoms. The largest absolute Gasteiger partial charge is 0.447 e. The van der Waals surface area contributed by atoms with E-state index in [1.807, 2.05) is 6.07 Å². The van der Waals surface area contributed by atoms with E-state index in [2.05, 4.69) is 15.5 Å². The lowest BCUT2D eigenvalue weighted by molar-refractivity contribution is 0.0903. The average molecular weight is 420 g/mol. The van der Waals surface area contributed by atoms with Crippen LogP contribution in [0.3, 0.4) is 0 Å². The SMILES string of the molecule is COCCOC(=O)NC1CCCCC(N2CCC3(CC2)CNc2ccc(F)cc23)C1. The van der Waals surface area contributed by atoms with Gasteiger partial charge in [0.05, 0.1) is 6.61 Å². The summed E-state index contributed by atoms with van der Waals surface area (Å²) in [6, 6.07) is 5.78. The van der Waals surface area contributed by atoms with Gasteiger partial charge in [0.25, 0.3) is 0 Å². The topological polar surface area (TPSA) is 62.8 Å². The standard InChI is InChI=1S/C23H34FN3O3/c1-29-12-13-30-22(28)26-18-4-2-3-5-19(15-18)27-10-8-23(9-11-27)16-25-21-7-6-17(24)14-20(21)23/h6-7,14,18-19,25H,2-5,8-13,15-16H2,1H3,(H,26,28). The van der Waals surface area contributed by atoms with Crippen LogP contribution in [0.5, 0.6) is 0 Å². The van der Waals surface area contributed by atoms with Crippen molar-refractivity contribution >= 4 is 11.8 Å². The minimum atomic E-state index is -0.342. The van der Waals surface area contributed by atoms with Gasteiger partial charge in [0, 0.05) is 36.8 Å². The molecule has 6 nitrogen and oxygen atoms in total. The van der Waals surface area contributed by atoms with Gasteiger partial charge in [0.15, 0.2) is 0 Å². The first-order valence-corrected chi connectivity index (χ1v) is 11.3. The zero-order valence-electron chi connectivity index (χ0n) is 17.9. The Morgan fingerprint density at radius 1 is 1.27 bits per heavy atom. The van der Waals surface area contributed by atoms with Gasteiger partial charge in [-0.2, -0.15) is 0 Å². The van der Waals surface area contributed by atoms with Crippen molar-refractivity contribution in [3.8, 4) is 0 Å². The van der Waals surface area contributed by atoms with Crippen LogP contribution >= 0.6 is 0 Å². The van der Waals surface area contributed by atoms with Gasteiger partial charge in [-0.05, 0) is 69.0 Å². The third-order valence-corrected chi connectivity index (χ3v) is 7.18. The summed E-state index contributed by atoms with van der Waals surface area (Å²) in [5, 5.41) is 6.55. The first-order chi connectivity index (χ1) is 14.6. The van der Waals surface area contributed by atoms with Crippen LogP contribution in [0, 0.1) is 5.82 Å². The zero-order valence-corrected chi connectivity index (χ0v) is 17.9. The first kappa shape index (κ1) is 21.4. The Morgan fingerprint density at radius 3 is 2.87 bits per heavy atom. The highest BCUT2D eigenvalue weighted by Gasteiger charge is 2.43. The lowest BCUT2D eigenvalue weighted by Gasteiger charge is -2.43. The number of amides is 1. The number of anilines is 1. The van der Waals surface area contributed by atoms with Crippen molar-refractivity contribution in [1.82, 2.24) is 10.2 Å². The lowest BCUT2D eigenvalue weighted by atomic mass is 9.74. The second-order valence-corrected chi connectivity index (χ2v) is 9.00. The molecule has 1 saturated heterocycles. The van der Waals surface area contributed by atoms with Crippen molar-refractivity contribution in [2.45, 2.75) is 62.4 Å². The Kier molecular flexibility index (Phi) is 6.78. The smallest absolute Gasteiger partial charge is 0.407 e. The van der Waals surface area contributed by atoms with Crippen molar-refractivity contribution in [1.29, 1.82) is 0 Å². The molecule has 1 spiro atoms. The Morgan fingerprint density at radius 2 is 2.07 bits per heavy atom. The average Bonchev–Trinajstić information content (AvgIpc) is 2.92. The molecule has 2 N–H and O–H groups in total. The Balaban J connectivity index is 1.33. The molecule has 2 heterocycles. The monoisotopic (exact) mass is 419 g/mol. The van der Waals surface area contributed by atoms with Crippen LogP contribution in [0.15, 0.2) is 18.2 Å². The van der Waals surface area contributed by atoms with Gasteiger partial charge in [-0.25, -0.2) is 9.18 Å². The van der Waals surface area contributed by atoms with Gasteiger partial charge in [-0.1, -0.05) is 12.8 Å². The molecule has 1 amide bonds. The van der Waals surface area contributed by atoms with Gasteiger partial charge >= 0.3 is 6.09 Å². The normalized spacial score (nSPS) is 25.9. The van der Waals surface area contributed by atoms with Crippen LogP contribution in [-0.2, 0) is 14.9 Å². The number of benzene rings is 1. The molecule has 0 aromatic heterocycles. The third-order valence-electron chi connectivity index (χ3n) is 7.18. The van der Waals surface area contributed by atoms with Crippen LogP contribution in [0.2, 0.25) is 0 Å². The molecule has 3 aliphatic rings. The quantitative estimate of drug-likeness (QED) is 0.563. The van der Waals surface area contributed by atoms with E-state index in [-0.39, 0.29) is 30.0 Å². The predicted molar refractivity (Wildman–Crippen MR) is 114 cm³/mol. The summed E-state index contributed by atoms with van der Waals surface area (Å²) < 4.78 is 24.0. The summed E-state index contributed by atoms with van der Waals surface area (Å²) in [4.78, 5) is 14.7. The predicted octanol–water partition coefficient (Wildman–Crippen LogP) is 3.66. The molecule has 0 radical (unpaired) electrons. The molecule has 2 fully saturated rings. The van der Waals surface area contributed by atoms with E-state index >= 15 is 0 Å². The summed E-state index contributed by atoms with van der Waals surface area (Å²) in [6.07, 6.45) is 7.22. The van der Waals surface area contributed by atoms with Crippen molar-refractivity contribution in [2.75, 3.05) is 45.3 Å². The molecular formula is C23H34FN3O3. The first-order valence-electron chi connectivity index (χ1n) is 11.3. The molecule has 30 heavy (non-hydrogen) atoms. The number of ether oxygens (including phenoxy) is 2. The fraction of sp³-hybridized carbons (Fsp3) is 0.696. The van der Waals surface area contributed by atoms with Gasteiger partial charge in [0.1, 0.15) is 12.4 Å². The molecule has 166 valence electrons. The van der Waals surface area contributed by atoms with Gasteiger partial charge in [-0.3, -0.25) is 0 Å². The summed E-state index contributed by atoms with van der Waals surface area (Å²) >= 11 is 0. The van der Waals surface area contributed by atoms with Crippen LogP contribution < -0.4 is 10.6 Å². The van der Waals surface area contributed by atoms with Crippen LogP contribution in [0.25, 0.3) is 0 Å². The molecule has 2 atom stereocenters. The van der Waals surface area contributed by atoms with E-state index in [1.165, 1.54) is 12.8 Å². The Labute approximate surface area is 178 Å².